The van der Waals surface area contributed by atoms with Crippen molar-refractivity contribution in [3.8, 4) is 6.07 Å². The highest BCUT2D eigenvalue weighted by molar-refractivity contribution is 5.85. The van der Waals surface area contributed by atoms with Crippen LogP contribution < -0.4 is 10.6 Å². The van der Waals surface area contributed by atoms with Gasteiger partial charge in [0.25, 0.3) is 0 Å². The molecule has 1 aliphatic rings. The van der Waals surface area contributed by atoms with E-state index in [2.05, 4.69) is 6.07 Å². The minimum Gasteiger partial charge on any atom is -0.392 e. The fourth-order valence-electron chi connectivity index (χ4n) is 2.37. The lowest BCUT2D eigenvalue weighted by molar-refractivity contribution is -0.119. The van der Waals surface area contributed by atoms with E-state index in [0.29, 0.717) is 11.1 Å². The molecule has 0 aromatic heterocycles. The summed E-state index contributed by atoms with van der Waals surface area (Å²) in [5, 5.41) is 18.2. The van der Waals surface area contributed by atoms with E-state index in [0.717, 1.165) is 25.1 Å². The molecule has 1 amide bonds. The van der Waals surface area contributed by atoms with Crippen LogP contribution in [0.15, 0.2) is 18.2 Å². The maximum Gasteiger partial charge on any atom is 0.240 e. The monoisotopic (exact) mass is 245 g/mol. The summed E-state index contributed by atoms with van der Waals surface area (Å²) in [7, 11) is 0. The third-order valence-corrected chi connectivity index (χ3v) is 3.25. The second-order valence-electron chi connectivity index (χ2n) is 4.38. The van der Waals surface area contributed by atoms with Crippen molar-refractivity contribution >= 4 is 11.6 Å². The predicted octanol–water partition coefficient (Wildman–Crippen LogP) is 0.505. The van der Waals surface area contributed by atoms with E-state index in [1.54, 1.807) is 18.2 Å². The van der Waals surface area contributed by atoms with E-state index in [4.69, 9.17) is 16.1 Å². The molecule has 1 aromatic rings. The van der Waals surface area contributed by atoms with Gasteiger partial charge in [-0.25, -0.2) is 0 Å². The lowest BCUT2D eigenvalue weighted by Gasteiger charge is -2.25. The van der Waals surface area contributed by atoms with Crippen molar-refractivity contribution in [1.29, 1.82) is 5.26 Å². The number of aliphatic hydroxyl groups excluding tert-OH is 1. The van der Waals surface area contributed by atoms with Gasteiger partial charge in [-0.15, -0.1) is 0 Å². The number of anilines is 1. The molecule has 1 saturated heterocycles. The van der Waals surface area contributed by atoms with Crippen molar-refractivity contribution in [2.75, 3.05) is 11.4 Å². The number of hydrogen-bond donors (Lipinski definition) is 2. The van der Waals surface area contributed by atoms with Gasteiger partial charge in [0.1, 0.15) is 12.1 Å². The van der Waals surface area contributed by atoms with Crippen LogP contribution in [0.3, 0.4) is 0 Å². The van der Waals surface area contributed by atoms with E-state index < -0.39 is 0 Å². The summed E-state index contributed by atoms with van der Waals surface area (Å²) in [5.74, 6) is -0.359. The number of carbonyl (C=O) groups excluding carboxylic acids is 1. The highest BCUT2D eigenvalue weighted by Gasteiger charge is 2.30. The molecule has 1 aromatic carbocycles. The van der Waals surface area contributed by atoms with Crippen molar-refractivity contribution < 1.29 is 9.90 Å². The van der Waals surface area contributed by atoms with Gasteiger partial charge in [-0.05, 0) is 30.5 Å². The summed E-state index contributed by atoms with van der Waals surface area (Å²) in [6.45, 7) is 0.620. The molecule has 1 fully saturated rings. The fraction of sp³-hybridized carbons (Fsp3) is 0.385. The van der Waals surface area contributed by atoms with Crippen molar-refractivity contribution in [1.82, 2.24) is 0 Å². The second-order valence-corrected chi connectivity index (χ2v) is 4.38. The lowest BCUT2D eigenvalue weighted by atomic mass is 10.1. The molecule has 18 heavy (non-hydrogen) atoms. The molecule has 1 unspecified atom stereocenters. The normalized spacial score (nSPS) is 18.7. The Bertz CT molecular complexity index is 507. The summed E-state index contributed by atoms with van der Waals surface area (Å²) in [4.78, 5) is 13.2. The predicted molar refractivity (Wildman–Crippen MR) is 66.6 cm³/mol. The van der Waals surface area contributed by atoms with Crippen LogP contribution in [0.5, 0.6) is 0 Å². The van der Waals surface area contributed by atoms with Crippen LogP contribution >= 0.6 is 0 Å². The van der Waals surface area contributed by atoms with Crippen LogP contribution in [0, 0.1) is 11.3 Å². The molecule has 3 N–H and O–H groups in total. The Morgan fingerprint density at radius 3 is 3.00 bits per heavy atom. The van der Waals surface area contributed by atoms with Crippen LogP contribution in [0.2, 0.25) is 0 Å². The Kier molecular flexibility index (Phi) is 3.49. The van der Waals surface area contributed by atoms with Gasteiger partial charge in [0.2, 0.25) is 5.91 Å². The minimum atomic E-state index is -0.359. The van der Waals surface area contributed by atoms with Crippen molar-refractivity contribution in [2.45, 2.75) is 25.5 Å². The molecular formula is C13H15N3O2. The Hall–Kier alpha value is -2.06. The SMILES string of the molecule is N#Cc1cc(CO)ccc1N1CCCC1C(N)=O. The van der Waals surface area contributed by atoms with Gasteiger partial charge < -0.3 is 15.7 Å². The van der Waals surface area contributed by atoms with Crippen LogP contribution in [0.1, 0.15) is 24.0 Å². The number of carbonyl (C=O) groups is 1. The number of aliphatic hydroxyl groups is 1. The Labute approximate surface area is 105 Å². The average molecular weight is 245 g/mol. The molecule has 2 rings (SSSR count). The first kappa shape index (κ1) is 12.4. The summed E-state index contributed by atoms with van der Waals surface area (Å²) in [6.07, 6.45) is 1.61. The number of nitrogens with two attached hydrogens (primary N) is 1. The number of nitriles is 1. The molecular weight excluding hydrogens is 230 g/mol. The number of nitrogens with zero attached hydrogens (tertiary/aromatic N) is 2. The minimum absolute atomic E-state index is 0.103. The number of benzene rings is 1. The molecule has 5 nitrogen and oxygen atoms in total. The van der Waals surface area contributed by atoms with Gasteiger partial charge in [0, 0.05) is 6.54 Å². The van der Waals surface area contributed by atoms with Crippen LogP contribution in [-0.2, 0) is 11.4 Å². The van der Waals surface area contributed by atoms with Crippen molar-refractivity contribution in [3.05, 3.63) is 29.3 Å². The smallest absolute Gasteiger partial charge is 0.240 e. The first-order valence-electron chi connectivity index (χ1n) is 5.87. The number of amides is 1. The zero-order valence-electron chi connectivity index (χ0n) is 9.97. The number of primary amides is 1. The van der Waals surface area contributed by atoms with Crippen LogP contribution in [0.25, 0.3) is 0 Å². The van der Waals surface area contributed by atoms with Gasteiger partial charge in [-0.1, -0.05) is 6.07 Å². The van der Waals surface area contributed by atoms with E-state index in [1.165, 1.54) is 0 Å². The highest BCUT2D eigenvalue weighted by atomic mass is 16.3. The van der Waals surface area contributed by atoms with Gasteiger partial charge in [-0.3, -0.25) is 4.79 Å². The summed E-state index contributed by atoms with van der Waals surface area (Å²) >= 11 is 0. The molecule has 0 spiro atoms. The van der Waals surface area contributed by atoms with E-state index in [-0.39, 0.29) is 18.6 Å². The molecule has 1 atom stereocenters. The number of rotatable bonds is 3. The lowest BCUT2D eigenvalue weighted by Crippen LogP contribution is -2.40. The molecule has 0 radical (unpaired) electrons. The first-order chi connectivity index (χ1) is 8.67. The van der Waals surface area contributed by atoms with E-state index in [9.17, 15) is 4.79 Å². The highest BCUT2D eigenvalue weighted by Crippen LogP contribution is 2.29. The fourth-order valence-corrected chi connectivity index (χ4v) is 2.37. The maximum atomic E-state index is 11.4. The van der Waals surface area contributed by atoms with E-state index >= 15 is 0 Å². The Balaban J connectivity index is 2.39. The quantitative estimate of drug-likeness (QED) is 0.811. The molecule has 0 saturated carbocycles. The van der Waals surface area contributed by atoms with Gasteiger partial charge >= 0.3 is 0 Å². The Morgan fingerprint density at radius 1 is 1.61 bits per heavy atom. The van der Waals surface area contributed by atoms with Gasteiger partial charge in [0.05, 0.1) is 17.9 Å². The average Bonchev–Trinajstić information content (AvgIpc) is 2.87. The molecule has 1 aliphatic heterocycles. The number of hydrogen-bond acceptors (Lipinski definition) is 4. The zero-order valence-corrected chi connectivity index (χ0v) is 9.97. The van der Waals surface area contributed by atoms with E-state index in [1.807, 2.05) is 4.90 Å². The molecule has 0 aliphatic carbocycles. The summed E-state index contributed by atoms with van der Waals surface area (Å²) < 4.78 is 0. The standard InChI is InChI=1S/C13H15N3O2/c14-7-10-6-9(8-17)3-4-11(10)16-5-1-2-12(16)13(15)18/h3-4,6,12,17H,1-2,5,8H2,(H2,15,18). The van der Waals surface area contributed by atoms with Gasteiger partial charge in [-0.2, -0.15) is 5.26 Å². The molecule has 1 heterocycles. The zero-order chi connectivity index (χ0) is 13.1. The third kappa shape index (κ3) is 2.15. The third-order valence-electron chi connectivity index (χ3n) is 3.25. The van der Waals surface area contributed by atoms with Crippen molar-refractivity contribution in [2.24, 2.45) is 5.73 Å². The topological polar surface area (TPSA) is 90.3 Å². The summed E-state index contributed by atoms with van der Waals surface area (Å²) in [5.41, 5.74) is 7.24. The van der Waals surface area contributed by atoms with Crippen molar-refractivity contribution in [3.63, 3.8) is 0 Å². The maximum absolute atomic E-state index is 11.4. The largest absolute Gasteiger partial charge is 0.392 e. The molecule has 94 valence electrons. The van der Waals surface area contributed by atoms with Crippen LogP contribution in [0.4, 0.5) is 5.69 Å². The Morgan fingerprint density at radius 2 is 2.39 bits per heavy atom. The second kappa shape index (κ2) is 5.07. The molecule has 0 bridgehead atoms. The van der Waals surface area contributed by atoms with Crippen LogP contribution in [-0.4, -0.2) is 23.6 Å². The molecule has 5 heteroatoms. The first-order valence-corrected chi connectivity index (χ1v) is 5.87. The van der Waals surface area contributed by atoms with Gasteiger partial charge in [0.15, 0.2) is 0 Å². The summed E-state index contributed by atoms with van der Waals surface area (Å²) in [6, 6.07) is 6.94.